The molecule has 1 heterocycles. The quantitative estimate of drug-likeness (QED) is 0.300. The molecule has 8 nitrogen and oxygen atoms in total. The second-order valence-corrected chi connectivity index (χ2v) is 6.65. The first-order chi connectivity index (χ1) is 12.4. The van der Waals surface area contributed by atoms with E-state index in [0.29, 0.717) is 25.9 Å². The monoisotopic (exact) mass is 363 g/mol. The van der Waals surface area contributed by atoms with Crippen molar-refractivity contribution >= 4 is 19.0 Å². The van der Waals surface area contributed by atoms with Gasteiger partial charge in [0.05, 0.1) is 6.54 Å². The van der Waals surface area contributed by atoms with E-state index >= 15 is 0 Å². The highest BCUT2D eigenvalue weighted by Crippen LogP contribution is 2.27. The van der Waals surface area contributed by atoms with Crippen LogP contribution in [-0.4, -0.2) is 59.3 Å². The molecule has 1 aliphatic rings. The molecular weight excluding hydrogens is 337 g/mol. The van der Waals surface area contributed by atoms with Gasteiger partial charge in [-0.05, 0) is 18.3 Å². The standard InChI is InChI=1S/C17H26BN3O5/c22-15(11-19-9-13-5-2-1-3-6-13)21-17(16(23)24)12-20-10-14(17)7-4-8-18(25)26/h1-3,5-6,14,19-20,25-26H,4,7-12H2,(H,21,22)(H,23,24)/t14-,17-/m0/s1. The molecule has 0 aliphatic carbocycles. The minimum atomic E-state index is -1.40. The van der Waals surface area contributed by atoms with Gasteiger partial charge in [0.2, 0.25) is 5.91 Å². The summed E-state index contributed by atoms with van der Waals surface area (Å²) in [6.45, 7) is 1.15. The number of carboxylic acid groups (broad SMARTS) is 1. The van der Waals surface area contributed by atoms with E-state index in [1.165, 1.54) is 0 Å². The fraction of sp³-hybridized carbons (Fsp3) is 0.529. The molecule has 0 spiro atoms. The molecule has 0 bridgehead atoms. The second kappa shape index (κ2) is 9.68. The number of benzene rings is 1. The maximum absolute atomic E-state index is 12.3. The number of carboxylic acids is 1. The minimum absolute atomic E-state index is 0.0198. The number of rotatable bonds is 10. The van der Waals surface area contributed by atoms with Crippen molar-refractivity contribution in [3.63, 3.8) is 0 Å². The van der Waals surface area contributed by atoms with Crippen molar-refractivity contribution in [2.24, 2.45) is 5.92 Å². The lowest BCUT2D eigenvalue weighted by Crippen LogP contribution is -2.61. The van der Waals surface area contributed by atoms with Crippen LogP contribution in [0.2, 0.25) is 6.32 Å². The van der Waals surface area contributed by atoms with Crippen molar-refractivity contribution in [3.8, 4) is 0 Å². The molecule has 1 amide bonds. The van der Waals surface area contributed by atoms with Crippen molar-refractivity contribution < 1.29 is 24.7 Å². The molecule has 0 radical (unpaired) electrons. The minimum Gasteiger partial charge on any atom is -0.479 e. The van der Waals surface area contributed by atoms with Crippen LogP contribution in [0.3, 0.4) is 0 Å². The van der Waals surface area contributed by atoms with Crippen LogP contribution in [0.1, 0.15) is 18.4 Å². The van der Waals surface area contributed by atoms with Crippen LogP contribution in [0.4, 0.5) is 0 Å². The van der Waals surface area contributed by atoms with Gasteiger partial charge in [0.1, 0.15) is 0 Å². The van der Waals surface area contributed by atoms with Crippen LogP contribution < -0.4 is 16.0 Å². The van der Waals surface area contributed by atoms with Crippen molar-refractivity contribution in [1.29, 1.82) is 0 Å². The molecule has 1 aromatic rings. The summed E-state index contributed by atoms with van der Waals surface area (Å²) in [5.41, 5.74) is -0.331. The third kappa shape index (κ3) is 5.53. The molecule has 1 aromatic carbocycles. The Morgan fingerprint density at radius 1 is 1.27 bits per heavy atom. The lowest BCUT2D eigenvalue weighted by Gasteiger charge is -2.31. The Morgan fingerprint density at radius 2 is 2.00 bits per heavy atom. The van der Waals surface area contributed by atoms with E-state index in [0.717, 1.165) is 5.56 Å². The molecule has 1 saturated heterocycles. The molecular formula is C17H26BN3O5. The van der Waals surface area contributed by atoms with Crippen molar-refractivity contribution in [1.82, 2.24) is 16.0 Å². The van der Waals surface area contributed by atoms with Crippen LogP contribution in [0.5, 0.6) is 0 Å². The molecule has 142 valence electrons. The highest BCUT2D eigenvalue weighted by atomic mass is 16.4. The maximum atomic E-state index is 12.3. The summed E-state index contributed by atoms with van der Waals surface area (Å²) in [5.74, 6) is -1.76. The Labute approximate surface area is 153 Å². The molecule has 2 rings (SSSR count). The third-order valence-electron chi connectivity index (χ3n) is 4.71. The Morgan fingerprint density at radius 3 is 2.65 bits per heavy atom. The van der Waals surface area contributed by atoms with E-state index in [-0.39, 0.29) is 31.2 Å². The second-order valence-electron chi connectivity index (χ2n) is 6.65. The van der Waals surface area contributed by atoms with Crippen LogP contribution >= 0.6 is 0 Å². The zero-order valence-electron chi connectivity index (χ0n) is 14.6. The van der Waals surface area contributed by atoms with Gasteiger partial charge in [-0.25, -0.2) is 4.79 Å². The fourth-order valence-corrected chi connectivity index (χ4v) is 3.32. The summed E-state index contributed by atoms with van der Waals surface area (Å²) in [6.07, 6.45) is 1.13. The van der Waals surface area contributed by atoms with Gasteiger partial charge in [0.15, 0.2) is 5.54 Å². The van der Waals surface area contributed by atoms with Gasteiger partial charge in [-0.2, -0.15) is 0 Å². The Bertz CT molecular complexity index is 601. The van der Waals surface area contributed by atoms with Gasteiger partial charge < -0.3 is 31.1 Å². The predicted octanol–water partition coefficient (Wildman–Crippen LogP) is -0.812. The number of nitrogens with one attached hydrogen (secondary N) is 3. The average molecular weight is 363 g/mol. The lowest BCUT2D eigenvalue weighted by atomic mass is 9.78. The molecule has 0 unspecified atom stereocenters. The van der Waals surface area contributed by atoms with Crippen LogP contribution in [0.25, 0.3) is 0 Å². The number of amides is 1. The molecule has 2 atom stereocenters. The number of hydrogen-bond acceptors (Lipinski definition) is 6. The van der Waals surface area contributed by atoms with Gasteiger partial charge in [-0.15, -0.1) is 0 Å². The first-order valence-corrected chi connectivity index (χ1v) is 8.80. The predicted molar refractivity (Wildman–Crippen MR) is 97.3 cm³/mol. The van der Waals surface area contributed by atoms with Crippen molar-refractivity contribution in [2.45, 2.75) is 31.2 Å². The van der Waals surface area contributed by atoms with Crippen molar-refractivity contribution in [2.75, 3.05) is 19.6 Å². The van der Waals surface area contributed by atoms with E-state index in [2.05, 4.69) is 16.0 Å². The molecule has 6 N–H and O–H groups in total. The Kier molecular flexibility index (Phi) is 7.58. The highest BCUT2D eigenvalue weighted by molar-refractivity contribution is 6.40. The first-order valence-electron chi connectivity index (χ1n) is 8.80. The number of carbonyl (C=O) groups excluding carboxylic acids is 1. The molecule has 0 aromatic heterocycles. The lowest BCUT2D eigenvalue weighted by molar-refractivity contribution is -0.148. The summed E-state index contributed by atoms with van der Waals surface area (Å²) in [6, 6.07) is 9.62. The normalized spacial score (nSPS) is 22.2. The topological polar surface area (TPSA) is 131 Å². The molecule has 26 heavy (non-hydrogen) atoms. The van der Waals surface area contributed by atoms with E-state index in [1.807, 2.05) is 30.3 Å². The zero-order chi connectivity index (χ0) is 19.0. The van der Waals surface area contributed by atoms with Gasteiger partial charge in [0.25, 0.3) is 0 Å². The van der Waals surface area contributed by atoms with Crippen LogP contribution in [-0.2, 0) is 16.1 Å². The zero-order valence-corrected chi connectivity index (χ0v) is 14.6. The van der Waals surface area contributed by atoms with Crippen LogP contribution in [0, 0.1) is 5.92 Å². The van der Waals surface area contributed by atoms with Gasteiger partial charge >= 0.3 is 13.1 Å². The van der Waals surface area contributed by atoms with E-state index in [1.54, 1.807) is 0 Å². The third-order valence-corrected chi connectivity index (χ3v) is 4.71. The van der Waals surface area contributed by atoms with E-state index in [4.69, 9.17) is 10.0 Å². The average Bonchev–Trinajstić information content (AvgIpc) is 2.99. The summed E-state index contributed by atoms with van der Waals surface area (Å²) in [4.78, 5) is 24.2. The molecule has 1 aliphatic heterocycles. The van der Waals surface area contributed by atoms with Crippen molar-refractivity contribution in [3.05, 3.63) is 35.9 Å². The van der Waals surface area contributed by atoms with E-state index < -0.39 is 18.6 Å². The maximum Gasteiger partial charge on any atom is 0.451 e. The molecule has 0 saturated carbocycles. The SMILES string of the molecule is O=C(CNCc1ccccc1)N[C@@]1(C(=O)O)CNC[C@@H]1CCCB(O)O. The number of carbonyl (C=O) groups is 2. The highest BCUT2D eigenvalue weighted by Gasteiger charge is 2.50. The smallest absolute Gasteiger partial charge is 0.451 e. The molecule has 1 fully saturated rings. The largest absolute Gasteiger partial charge is 0.479 e. The summed E-state index contributed by atoms with van der Waals surface area (Å²) in [5, 5.41) is 36.3. The fourth-order valence-electron chi connectivity index (χ4n) is 3.32. The van der Waals surface area contributed by atoms with Crippen LogP contribution in [0.15, 0.2) is 30.3 Å². The summed E-state index contributed by atoms with van der Waals surface area (Å²) < 4.78 is 0. The number of hydrogen-bond donors (Lipinski definition) is 6. The molecule has 9 heteroatoms. The summed E-state index contributed by atoms with van der Waals surface area (Å²) in [7, 11) is -1.40. The van der Waals surface area contributed by atoms with E-state index in [9.17, 15) is 14.7 Å². The van der Waals surface area contributed by atoms with Gasteiger partial charge in [0, 0.05) is 25.6 Å². The van der Waals surface area contributed by atoms with Gasteiger partial charge in [-0.1, -0.05) is 36.8 Å². The Balaban J connectivity index is 1.88. The summed E-state index contributed by atoms with van der Waals surface area (Å²) >= 11 is 0. The van der Waals surface area contributed by atoms with Gasteiger partial charge in [-0.3, -0.25) is 4.79 Å². The Hall–Kier alpha value is -1.94. The first kappa shape index (κ1) is 20.4. The number of aliphatic carboxylic acids is 1.